The zero-order chi connectivity index (χ0) is 20.6. The van der Waals surface area contributed by atoms with Gasteiger partial charge in [-0.2, -0.15) is 0 Å². The molecule has 0 spiro atoms. The number of benzene rings is 2. The summed E-state index contributed by atoms with van der Waals surface area (Å²) in [5.41, 5.74) is 2.91. The molecule has 2 amide bonds. The fraction of sp³-hybridized carbons (Fsp3) is 0.440. The Balaban J connectivity index is 1.29. The highest BCUT2D eigenvalue weighted by Crippen LogP contribution is 2.50. The molecule has 2 aliphatic carbocycles. The Morgan fingerprint density at radius 2 is 1.90 bits per heavy atom. The van der Waals surface area contributed by atoms with Gasteiger partial charge in [0.15, 0.2) is 0 Å². The van der Waals surface area contributed by atoms with Gasteiger partial charge in [-0.1, -0.05) is 42.5 Å². The number of carbonyl (C=O) groups excluding carboxylic acids is 2. The maximum Gasteiger partial charge on any atom is 0.233 e. The van der Waals surface area contributed by atoms with Crippen molar-refractivity contribution < 1.29 is 14.3 Å². The number of rotatable bonds is 6. The van der Waals surface area contributed by atoms with Gasteiger partial charge in [0.2, 0.25) is 11.8 Å². The lowest BCUT2D eigenvalue weighted by Gasteiger charge is -2.26. The molecule has 0 saturated heterocycles. The van der Waals surface area contributed by atoms with Gasteiger partial charge >= 0.3 is 0 Å². The van der Waals surface area contributed by atoms with Crippen LogP contribution < -0.4 is 10.1 Å². The van der Waals surface area contributed by atoms with Crippen molar-refractivity contribution in [2.24, 2.45) is 0 Å². The largest absolute Gasteiger partial charge is 0.491 e. The Hall–Kier alpha value is -2.82. The molecule has 30 heavy (non-hydrogen) atoms. The highest BCUT2D eigenvalue weighted by Gasteiger charge is 2.53. The van der Waals surface area contributed by atoms with E-state index in [1.165, 1.54) is 0 Å². The van der Waals surface area contributed by atoms with Crippen LogP contribution in [0.2, 0.25) is 0 Å². The molecule has 5 nitrogen and oxygen atoms in total. The molecule has 0 aromatic heterocycles. The third-order valence-corrected chi connectivity index (χ3v) is 6.46. The minimum absolute atomic E-state index is 0.124. The number of fused-ring (bicyclic) bond motifs is 1. The molecule has 0 unspecified atom stereocenters. The monoisotopic (exact) mass is 404 g/mol. The number of ether oxygens (including phenoxy) is 1. The van der Waals surface area contributed by atoms with Gasteiger partial charge in [0.25, 0.3) is 0 Å². The summed E-state index contributed by atoms with van der Waals surface area (Å²) in [5.74, 6) is 1.18. The molecule has 2 saturated carbocycles. The van der Waals surface area contributed by atoms with Gasteiger partial charge in [0.05, 0.1) is 12.0 Å². The number of carbonyl (C=O) groups is 2. The Morgan fingerprint density at radius 1 is 1.10 bits per heavy atom. The van der Waals surface area contributed by atoms with E-state index in [1.807, 2.05) is 35.2 Å². The van der Waals surface area contributed by atoms with Gasteiger partial charge in [0, 0.05) is 24.6 Å². The zero-order valence-corrected chi connectivity index (χ0v) is 17.2. The van der Waals surface area contributed by atoms with Crippen molar-refractivity contribution in [3.8, 4) is 5.75 Å². The van der Waals surface area contributed by atoms with Gasteiger partial charge in [-0.25, -0.2) is 0 Å². The van der Waals surface area contributed by atoms with Crippen LogP contribution in [-0.2, 0) is 28.0 Å². The van der Waals surface area contributed by atoms with Crippen LogP contribution in [0.5, 0.6) is 5.75 Å². The van der Waals surface area contributed by atoms with Gasteiger partial charge < -0.3 is 15.0 Å². The van der Waals surface area contributed by atoms with E-state index in [1.54, 1.807) is 0 Å². The van der Waals surface area contributed by atoms with Crippen LogP contribution in [0.15, 0.2) is 48.5 Å². The molecule has 2 aromatic carbocycles. The molecular formula is C25H28N2O3. The van der Waals surface area contributed by atoms with Crippen molar-refractivity contribution in [1.29, 1.82) is 0 Å². The van der Waals surface area contributed by atoms with Crippen LogP contribution in [0, 0.1) is 0 Å². The maximum absolute atomic E-state index is 13.5. The SMILES string of the molecule is O=C(CCc1ccc2c(c1)CN(C(=O)C1(c3ccccc3)CC1)CCO2)NC1CC1. The molecule has 1 aliphatic heterocycles. The quantitative estimate of drug-likeness (QED) is 0.803. The predicted molar refractivity (Wildman–Crippen MR) is 114 cm³/mol. The molecule has 2 fully saturated rings. The van der Waals surface area contributed by atoms with E-state index in [-0.39, 0.29) is 17.2 Å². The fourth-order valence-electron chi connectivity index (χ4n) is 4.37. The Morgan fingerprint density at radius 3 is 2.63 bits per heavy atom. The van der Waals surface area contributed by atoms with Crippen LogP contribution in [0.3, 0.4) is 0 Å². The summed E-state index contributed by atoms with van der Waals surface area (Å²) >= 11 is 0. The number of nitrogens with zero attached hydrogens (tertiary/aromatic N) is 1. The first-order chi connectivity index (χ1) is 14.6. The summed E-state index contributed by atoms with van der Waals surface area (Å²) in [4.78, 5) is 27.4. The van der Waals surface area contributed by atoms with Crippen molar-refractivity contribution >= 4 is 11.8 Å². The molecule has 0 atom stereocenters. The Bertz CT molecular complexity index is 948. The molecular weight excluding hydrogens is 376 g/mol. The van der Waals surface area contributed by atoms with Crippen LogP contribution in [-0.4, -0.2) is 35.9 Å². The van der Waals surface area contributed by atoms with E-state index >= 15 is 0 Å². The van der Waals surface area contributed by atoms with Crippen LogP contribution in [0.25, 0.3) is 0 Å². The van der Waals surface area contributed by atoms with Crippen molar-refractivity contribution in [3.05, 3.63) is 65.2 Å². The Labute approximate surface area is 177 Å². The van der Waals surface area contributed by atoms with E-state index in [0.717, 1.165) is 48.1 Å². The second-order valence-electron chi connectivity index (χ2n) is 8.81. The summed E-state index contributed by atoms with van der Waals surface area (Å²) in [6.45, 7) is 1.67. The van der Waals surface area contributed by atoms with Crippen molar-refractivity contribution in [2.75, 3.05) is 13.2 Å². The number of hydrogen-bond acceptors (Lipinski definition) is 3. The lowest BCUT2D eigenvalue weighted by molar-refractivity contribution is -0.134. The third-order valence-electron chi connectivity index (χ3n) is 6.46. The normalized spacial score (nSPS) is 19.3. The average molecular weight is 405 g/mol. The summed E-state index contributed by atoms with van der Waals surface area (Å²) < 4.78 is 5.94. The molecule has 5 heteroatoms. The smallest absolute Gasteiger partial charge is 0.233 e. The molecule has 5 rings (SSSR count). The van der Waals surface area contributed by atoms with Gasteiger partial charge in [-0.3, -0.25) is 9.59 Å². The minimum atomic E-state index is -0.357. The first kappa shape index (κ1) is 19.2. The topological polar surface area (TPSA) is 58.6 Å². The van der Waals surface area contributed by atoms with E-state index in [9.17, 15) is 9.59 Å². The summed E-state index contributed by atoms with van der Waals surface area (Å²) in [7, 11) is 0. The van der Waals surface area contributed by atoms with E-state index in [4.69, 9.17) is 4.74 Å². The molecule has 2 aromatic rings. The standard InChI is InChI=1S/C25H28N2O3/c28-23(26-21-8-9-21)11-7-18-6-10-22-19(16-18)17-27(14-15-30-22)24(29)25(12-13-25)20-4-2-1-3-5-20/h1-6,10,16,21H,7-9,11-15,17H2,(H,26,28). The van der Waals surface area contributed by atoms with Crippen LogP contribution in [0.1, 0.15) is 48.8 Å². The highest BCUT2D eigenvalue weighted by atomic mass is 16.5. The first-order valence-electron chi connectivity index (χ1n) is 11.0. The fourth-order valence-corrected chi connectivity index (χ4v) is 4.37. The number of nitrogens with one attached hydrogen (secondary N) is 1. The second-order valence-corrected chi connectivity index (χ2v) is 8.81. The molecule has 3 aliphatic rings. The van der Waals surface area contributed by atoms with Gasteiger partial charge in [-0.15, -0.1) is 0 Å². The number of aryl methyl sites for hydroxylation is 1. The number of hydrogen-bond donors (Lipinski definition) is 1. The zero-order valence-electron chi connectivity index (χ0n) is 17.2. The second kappa shape index (κ2) is 7.78. The lowest BCUT2D eigenvalue weighted by atomic mass is 9.94. The summed E-state index contributed by atoms with van der Waals surface area (Å²) in [6.07, 6.45) is 5.24. The van der Waals surface area contributed by atoms with E-state index in [0.29, 0.717) is 38.6 Å². The number of amides is 2. The average Bonchev–Trinajstić information content (AvgIpc) is 3.67. The van der Waals surface area contributed by atoms with Gasteiger partial charge in [0.1, 0.15) is 12.4 Å². The minimum Gasteiger partial charge on any atom is -0.491 e. The predicted octanol–water partition coefficient (Wildman–Crippen LogP) is 3.35. The molecule has 0 bridgehead atoms. The van der Waals surface area contributed by atoms with Gasteiger partial charge in [-0.05, 0) is 49.3 Å². The summed E-state index contributed by atoms with van der Waals surface area (Å²) in [6, 6.07) is 16.7. The van der Waals surface area contributed by atoms with Crippen molar-refractivity contribution in [3.63, 3.8) is 0 Å². The lowest BCUT2D eigenvalue weighted by Crippen LogP contribution is -2.40. The molecule has 156 valence electrons. The van der Waals surface area contributed by atoms with E-state index < -0.39 is 0 Å². The van der Waals surface area contributed by atoms with Crippen LogP contribution >= 0.6 is 0 Å². The molecule has 1 heterocycles. The maximum atomic E-state index is 13.5. The van der Waals surface area contributed by atoms with Crippen molar-refractivity contribution in [2.45, 2.75) is 56.5 Å². The molecule has 0 radical (unpaired) electrons. The van der Waals surface area contributed by atoms with Crippen LogP contribution in [0.4, 0.5) is 0 Å². The molecule has 1 N–H and O–H groups in total. The summed E-state index contributed by atoms with van der Waals surface area (Å²) in [5, 5.41) is 3.04. The Kier molecular flexibility index (Phi) is 4.97. The highest BCUT2D eigenvalue weighted by molar-refractivity contribution is 5.91. The first-order valence-corrected chi connectivity index (χ1v) is 11.0. The van der Waals surface area contributed by atoms with E-state index in [2.05, 4.69) is 23.5 Å². The van der Waals surface area contributed by atoms with Crippen molar-refractivity contribution in [1.82, 2.24) is 10.2 Å². The third kappa shape index (κ3) is 3.93.